The number of hydrogen-bond donors (Lipinski definition) is 2. The summed E-state index contributed by atoms with van der Waals surface area (Å²) in [6.07, 6.45) is 0.594. The Hall–Kier alpha value is -1.90. The van der Waals surface area contributed by atoms with E-state index in [4.69, 9.17) is 34.7 Å². The Morgan fingerprint density at radius 1 is 1.21 bits per heavy atom. The van der Waals surface area contributed by atoms with Gasteiger partial charge in [0.15, 0.2) is 0 Å². The average molecular weight is 444 g/mol. The molecule has 10 heteroatoms. The molecular formula is C19H21Cl2F2N5O. The summed E-state index contributed by atoms with van der Waals surface area (Å²) < 4.78 is 28.9. The molecule has 0 amide bonds. The molecule has 156 valence electrons. The molecule has 1 saturated heterocycles. The second kappa shape index (κ2) is 7.11. The minimum absolute atomic E-state index is 0.0268. The number of rotatable bonds is 2. The number of benzene rings is 1. The smallest absolute Gasteiger partial charge is 0.261 e. The van der Waals surface area contributed by atoms with Gasteiger partial charge < -0.3 is 16.4 Å². The van der Waals surface area contributed by atoms with Crippen molar-refractivity contribution in [3.8, 4) is 5.69 Å². The maximum atomic E-state index is 13.8. The Morgan fingerprint density at radius 2 is 1.90 bits per heavy atom. The molecule has 1 aliphatic carbocycles. The minimum atomic E-state index is -2.71. The van der Waals surface area contributed by atoms with Crippen molar-refractivity contribution in [2.24, 2.45) is 11.1 Å². The van der Waals surface area contributed by atoms with E-state index in [-0.39, 0.29) is 23.8 Å². The van der Waals surface area contributed by atoms with Crippen LogP contribution in [0.3, 0.4) is 0 Å². The van der Waals surface area contributed by atoms with Crippen molar-refractivity contribution in [1.82, 2.24) is 9.55 Å². The summed E-state index contributed by atoms with van der Waals surface area (Å²) in [7, 11) is 0. The average Bonchev–Trinajstić information content (AvgIpc) is 2.86. The van der Waals surface area contributed by atoms with Crippen LogP contribution in [0.1, 0.15) is 25.7 Å². The van der Waals surface area contributed by atoms with E-state index in [1.807, 2.05) is 4.90 Å². The van der Waals surface area contributed by atoms with Crippen molar-refractivity contribution >= 4 is 35.0 Å². The molecule has 2 aromatic rings. The molecule has 0 radical (unpaired) electrons. The SMILES string of the molecule is Nc1nc(N2CCC3(CC2)CC(F)(F)C[C@@H]3N)cc(=O)n1-c1cccc(Cl)c1Cl. The number of nitrogen functional groups attached to an aromatic ring is 1. The van der Waals surface area contributed by atoms with Crippen LogP contribution in [-0.4, -0.2) is 34.6 Å². The summed E-state index contributed by atoms with van der Waals surface area (Å²) in [6.45, 7) is 0.967. The normalized spacial score (nSPS) is 22.9. The highest BCUT2D eigenvalue weighted by Crippen LogP contribution is 2.52. The third-order valence-electron chi connectivity index (χ3n) is 6.10. The second-order valence-electron chi connectivity index (χ2n) is 7.91. The van der Waals surface area contributed by atoms with Crippen molar-refractivity contribution in [2.75, 3.05) is 23.7 Å². The van der Waals surface area contributed by atoms with Gasteiger partial charge in [-0.05, 0) is 30.4 Å². The number of nitrogens with two attached hydrogens (primary N) is 2. The summed E-state index contributed by atoms with van der Waals surface area (Å²) in [5.41, 5.74) is 11.5. The number of anilines is 2. The van der Waals surface area contributed by atoms with E-state index >= 15 is 0 Å². The fourth-order valence-corrected chi connectivity index (χ4v) is 4.92. The van der Waals surface area contributed by atoms with Gasteiger partial charge in [-0.25, -0.2) is 13.3 Å². The van der Waals surface area contributed by atoms with E-state index in [1.165, 1.54) is 10.6 Å². The molecule has 1 aromatic heterocycles. The predicted molar refractivity (Wildman–Crippen MR) is 110 cm³/mol. The van der Waals surface area contributed by atoms with Crippen LogP contribution in [0.5, 0.6) is 0 Å². The minimum Gasteiger partial charge on any atom is -0.369 e. The van der Waals surface area contributed by atoms with E-state index in [1.54, 1.807) is 18.2 Å². The maximum Gasteiger partial charge on any atom is 0.261 e. The molecule has 2 aliphatic rings. The van der Waals surface area contributed by atoms with Crippen LogP contribution < -0.4 is 21.9 Å². The highest BCUT2D eigenvalue weighted by molar-refractivity contribution is 6.43. The molecule has 1 aromatic carbocycles. The van der Waals surface area contributed by atoms with Crippen LogP contribution in [0, 0.1) is 5.41 Å². The van der Waals surface area contributed by atoms with E-state index in [0.29, 0.717) is 42.5 Å². The van der Waals surface area contributed by atoms with Gasteiger partial charge in [0.2, 0.25) is 11.9 Å². The fourth-order valence-electron chi connectivity index (χ4n) is 4.54. The number of halogens is 4. The molecule has 0 unspecified atom stereocenters. The molecule has 4 rings (SSSR count). The lowest BCUT2D eigenvalue weighted by Crippen LogP contribution is -2.47. The van der Waals surface area contributed by atoms with Gasteiger partial charge in [0.05, 0.1) is 15.7 Å². The molecule has 29 heavy (non-hydrogen) atoms. The Bertz CT molecular complexity index is 1000. The molecular weight excluding hydrogens is 423 g/mol. The van der Waals surface area contributed by atoms with E-state index in [9.17, 15) is 13.6 Å². The molecule has 1 saturated carbocycles. The van der Waals surface area contributed by atoms with E-state index in [0.717, 1.165) is 0 Å². The zero-order valence-electron chi connectivity index (χ0n) is 15.5. The molecule has 4 N–H and O–H groups in total. The van der Waals surface area contributed by atoms with Gasteiger partial charge >= 0.3 is 0 Å². The standard InChI is InChI=1S/C19H21Cl2F2N5O/c20-11-2-1-3-12(16(11)21)28-15(29)8-14(26-17(28)25)27-6-4-18(5-7-27)10-19(22,23)9-13(18)24/h1-3,8,13H,4-7,9-10,24H2,(H2,25,26)/t13-/m0/s1. The van der Waals surface area contributed by atoms with Crippen LogP contribution in [0.15, 0.2) is 29.1 Å². The maximum absolute atomic E-state index is 13.8. The third-order valence-corrected chi connectivity index (χ3v) is 6.91. The van der Waals surface area contributed by atoms with Crippen LogP contribution in [0.4, 0.5) is 20.5 Å². The molecule has 2 fully saturated rings. The van der Waals surface area contributed by atoms with Crippen molar-refractivity contribution in [1.29, 1.82) is 0 Å². The zero-order valence-corrected chi connectivity index (χ0v) is 17.1. The van der Waals surface area contributed by atoms with Crippen molar-refractivity contribution < 1.29 is 8.78 Å². The summed E-state index contributed by atoms with van der Waals surface area (Å²) in [5.74, 6) is -2.32. The van der Waals surface area contributed by atoms with E-state index < -0.39 is 22.9 Å². The lowest BCUT2D eigenvalue weighted by atomic mass is 9.74. The second-order valence-corrected chi connectivity index (χ2v) is 8.70. The van der Waals surface area contributed by atoms with Crippen LogP contribution in [0.25, 0.3) is 5.69 Å². The van der Waals surface area contributed by atoms with Crippen molar-refractivity contribution in [3.63, 3.8) is 0 Å². The first-order chi connectivity index (χ1) is 13.6. The van der Waals surface area contributed by atoms with Crippen molar-refractivity contribution in [3.05, 3.63) is 44.7 Å². The summed E-state index contributed by atoms with van der Waals surface area (Å²) in [6, 6.07) is 5.75. The van der Waals surface area contributed by atoms with Crippen molar-refractivity contribution in [2.45, 2.75) is 37.6 Å². The van der Waals surface area contributed by atoms with Gasteiger partial charge in [-0.3, -0.25) is 4.79 Å². The molecule has 2 heterocycles. The number of alkyl halides is 2. The lowest BCUT2D eigenvalue weighted by Gasteiger charge is -2.42. The predicted octanol–water partition coefficient (Wildman–Crippen LogP) is 3.46. The zero-order chi connectivity index (χ0) is 21.0. The Morgan fingerprint density at radius 3 is 2.48 bits per heavy atom. The van der Waals surface area contributed by atoms with Crippen LogP contribution in [0.2, 0.25) is 10.0 Å². The monoisotopic (exact) mass is 443 g/mol. The Balaban J connectivity index is 1.59. The summed E-state index contributed by atoms with van der Waals surface area (Å²) in [5, 5.41) is 0.499. The van der Waals surface area contributed by atoms with Gasteiger partial charge in [0.1, 0.15) is 5.82 Å². The molecule has 6 nitrogen and oxygen atoms in total. The Kier molecular flexibility index (Phi) is 4.99. The first-order valence-electron chi connectivity index (χ1n) is 9.34. The summed E-state index contributed by atoms with van der Waals surface area (Å²) >= 11 is 12.2. The third kappa shape index (κ3) is 3.58. The first-order valence-corrected chi connectivity index (χ1v) is 10.1. The number of piperidine rings is 1. The van der Waals surface area contributed by atoms with Crippen LogP contribution in [-0.2, 0) is 0 Å². The highest BCUT2D eigenvalue weighted by atomic mass is 35.5. The fraction of sp³-hybridized carbons (Fsp3) is 0.474. The summed E-state index contributed by atoms with van der Waals surface area (Å²) in [4.78, 5) is 19.0. The van der Waals surface area contributed by atoms with Gasteiger partial charge in [-0.2, -0.15) is 4.98 Å². The van der Waals surface area contributed by atoms with E-state index in [2.05, 4.69) is 4.98 Å². The molecule has 1 spiro atoms. The van der Waals surface area contributed by atoms with Gasteiger partial charge in [-0.1, -0.05) is 29.3 Å². The first kappa shape index (κ1) is 20.4. The number of nitrogens with zero attached hydrogens (tertiary/aromatic N) is 3. The molecule has 1 atom stereocenters. The molecule has 0 bridgehead atoms. The largest absolute Gasteiger partial charge is 0.369 e. The number of hydrogen-bond acceptors (Lipinski definition) is 5. The van der Waals surface area contributed by atoms with Gasteiger partial charge in [0, 0.05) is 38.0 Å². The molecule has 1 aliphatic heterocycles. The quantitative estimate of drug-likeness (QED) is 0.741. The lowest BCUT2D eigenvalue weighted by molar-refractivity contribution is -0.00683. The van der Waals surface area contributed by atoms with Gasteiger partial charge in [0.25, 0.3) is 5.56 Å². The Labute approximate surface area is 176 Å². The number of aromatic nitrogens is 2. The topological polar surface area (TPSA) is 90.2 Å². The highest BCUT2D eigenvalue weighted by Gasteiger charge is 2.55. The van der Waals surface area contributed by atoms with Crippen LogP contribution >= 0.6 is 23.2 Å². The van der Waals surface area contributed by atoms with Gasteiger partial charge in [-0.15, -0.1) is 0 Å².